The maximum absolute atomic E-state index is 13.5. The molecule has 1 aliphatic heterocycles. The first-order valence-corrected chi connectivity index (χ1v) is 7.47. The molecule has 0 saturated carbocycles. The second kappa shape index (κ2) is 6.95. The van der Waals surface area contributed by atoms with Gasteiger partial charge in [-0.15, -0.1) is 0 Å². The summed E-state index contributed by atoms with van der Waals surface area (Å²) in [5.41, 5.74) is 0.327. The second-order valence-corrected chi connectivity index (χ2v) is 5.66. The summed E-state index contributed by atoms with van der Waals surface area (Å²) in [6, 6.07) is 3.99. The third-order valence-corrected chi connectivity index (χ3v) is 4.02. The highest BCUT2D eigenvalue weighted by Crippen LogP contribution is 2.28. The molecule has 0 radical (unpaired) electrons. The monoisotopic (exact) mass is 342 g/mol. The van der Waals surface area contributed by atoms with Crippen LogP contribution in [0.1, 0.15) is 13.3 Å². The topological polar surface area (TPSA) is 77.9 Å². The Kier molecular flexibility index (Phi) is 5.20. The molecule has 1 aliphatic rings. The Morgan fingerprint density at radius 2 is 2.17 bits per heavy atom. The molecule has 23 heavy (non-hydrogen) atoms. The van der Waals surface area contributed by atoms with Crippen molar-refractivity contribution in [3.63, 3.8) is 0 Å². The van der Waals surface area contributed by atoms with Crippen molar-refractivity contribution in [3.8, 4) is 0 Å². The number of anilines is 1. The summed E-state index contributed by atoms with van der Waals surface area (Å²) in [5.74, 6) is -3.09. The van der Waals surface area contributed by atoms with Crippen LogP contribution >= 0.6 is 11.6 Å². The summed E-state index contributed by atoms with van der Waals surface area (Å²) >= 11 is 5.62. The van der Waals surface area contributed by atoms with E-state index in [1.807, 2.05) is 0 Å². The highest BCUT2D eigenvalue weighted by molar-refractivity contribution is 6.30. The molecule has 1 heterocycles. The zero-order valence-corrected chi connectivity index (χ0v) is 13.2. The summed E-state index contributed by atoms with van der Waals surface area (Å²) in [6.45, 7) is 1.60. The highest BCUT2D eigenvalue weighted by atomic mass is 35.5. The SMILES string of the molecule is CCN(CC(=O)O)C(=O)C1CC(=O)N(c2ccc(Cl)c(F)c2)C1. The van der Waals surface area contributed by atoms with Crippen LogP contribution in [0.15, 0.2) is 18.2 Å². The zero-order chi connectivity index (χ0) is 17.1. The van der Waals surface area contributed by atoms with Crippen molar-refractivity contribution in [1.29, 1.82) is 0 Å². The average molecular weight is 343 g/mol. The molecule has 0 aromatic heterocycles. The molecule has 1 unspecified atom stereocenters. The fraction of sp³-hybridized carbons (Fsp3) is 0.400. The summed E-state index contributed by atoms with van der Waals surface area (Å²) in [6.07, 6.45) is -0.0286. The molecule has 0 spiro atoms. The lowest BCUT2D eigenvalue weighted by molar-refractivity contribution is -0.146. The predicted molar refractivity (Wildman–Crippen MR) is 81.8 cm³/mol. The third kappa shape index (κ3) is 3.79. The number of hydrogen-bond donors (Lipinski definition) is 1. The highest BCUT2D eigenvalue weighted by Gasteiger charge is 2.37. The number of hydrogen-bond acceptors (Lipinski definition) is 3. The largest absolute Gasteiger partial charge is 0.480 e. The van der Waals surface area contributed by atoms with Crippen molar-refractivity contribution >= 4 is 35.1 Å². The van der Waals surface area contributed by atoms with Crippen molar-refractivity contribution < 1.29 is 23.9 Å². The van der Waals surface area contributed by atoms with Gasteiger partial charge in [0.25, 0.3) is 0 Å². The van der Waals surface area contributed by atoms with Gasteiger partial charge in [0.15, 0.2) is 0 Å². The fourth-order valence-corrected chi connectivity index (χ4v) is 2.66. The number of carbonyl (C=O) groups excluding carboxylic acids is 2. The van der Waals surface area contributed by atoms with Crippen LogP contribution in [-0.4, -0.2) is 47.4 Å². The molecule has 6 nitrogen and oxygen atoms in total. The van der Waals surface area contributed by atoms with Crippen LogP contribution in [0.25, 0.3) is 0 Å². The molecule has 1 fully saturated rings. The molecule has 0 aliphatic carbocycles. The molecule has 2 rings (SSSR count). The average Bonchev–Trinajstić information content (AvgIpc) is 2.88. The predicted octanol–water partition coefficient (Wildman–Crippen LogP) is 1.77. The van der Waals surface area contributed by atoms with Crippen LogP contribution in [-0.2, 0) is 14.4 Å². The van der Waals surface area contributed by atoms with E-state index >= 15 is 0 Å². The molecule has 1 N–H and O–H groups in total. The molecular formula is C15H16ClFN2O4. The first-order valence-electron chi connectivity index (χ1n) is 7.09. The summed E-state index contributed by atoms with van der Waals surface area (Å²) in [5, 5.41) is 8.77. The number of carbonyl (C=O) groups is 3. The van der Waals surface area contributed by atoms with Gasteiger partial charge in [-0.1, -0.05) is 11.6 Å². The Balaban J connectivity index is 2.14. The molecule has 124 valence electrons. The lowest BCUT2D eigenvalue weighted by Gasteiger charge is -2.22. The minimum Gasteiger partial charge on any atom is -0.480 e. The van der Waals surface area contributed by atoms with Gasteiger partial charge < -0.3 is 14.9 Å². The van der Waals surface area contributed by atoms with E-state index in [0.717, 1.165) is 6.07 Å². The van der Waals surface area contributed by atoms with Gasteiger partial charge in [-0.2, -0.15) is 0 Å². The smallest absolute Gasteiger partial charge is 0.323 e. The zero-order valence-electron chi connectivity index (χ0n) is 12.5. The molecular weight excluding hydrogens is 327 g/mol. The quantitative estimate of drug-likeness (QED) is 0.884. The minimum atomic E-state index is -1.11. The summed E-state index contributed by atoms with van der Waals surface area (Å²) in [7, 11) is 0. The number of nitrogens with zero attached hydrogens (tertiary/aromatic N) is 2. The first kappa shape index (κ1) is 17.2. The van der Waals surface area contributed by atoms with Crippen molar-refractivity contribution in [2.45, 2.75) is 13.3 Å². The number of halogens is 2. The number of carboxylic acids is 1. The van der Waals surface area contributed by atoms with E-state index in [1.165, 1.54) is 21.9 Å². The second-order valence-electron chi connectivity index (χ2n) is 5.25. The van der Waals surface area contributed by atoms with Crippen LogP contribution in [0.2, 0.25) is 5.02 Å². The van der Waals surface area contributed by atoms with Crippen molar-refractivity contribution in [1.82, 2.24) is 4.90 Å². The molecule has 1 aromatic rings. The normalized spacial score (nSPS) is 17.4. The number of likely N-dealkylation sites (N-methyl/N-ethyl adjacent to an activating group) is 1. The van der Waals surface area contributed by atoms with Crippen LogP contribution < -0.4 is 4.90 Å². The Hall–Kier alpha value is -2.15. The standard InChI is InChI=1S/C15H16ClFN2O4/c1-2-18(8-14(21)22)15(23)9-5-13(20)19(7-9)10-3-4-11(16)12(17)6-10/h3-4,6,9H,2,5,7-8H2,1H3,(H,21,22). The van der Waals surface area contributed by atoms with E-state index in [1.54, 1.807) is 6.92 Å². The lowest BCUT2D eigenvalue weighted by atomic mass is 10.1. The van der Waals surface area contributed by atoms with Crippen LogP contribution in [0.4, 0.5) is 10.1 Å². The van der Waals surface area contributed by atoms with E-state index in [0.29, 0.717) is 5.69 Å². The number of aliphatic carboxylic acids is 1. The van der Waals surface area contributed by atoms with Gasteiger partial charge >= 0.3 is 5.97 Å². The van der Waals surface area contributed by atoms with Crippen LogP contribution in [0.3, 0.4) is 0 Å². The van der Waals surface area contributed by atoms with E-state index in [2.05, 4.69) is 0 Å². The minimum absolute atomic E-state index is 0.0286. The van der Waals surface area contributed by atoms with Crippen molar-refractivity contribution in [2.75, 3.05) is 24.5 Å². The van der Waals surface area contributed by atoms with Gasteiger partial charge in [-0.3, -0.25) is 14.4 Å². The van der Waals surface area contributed by atoms with E-state index in [9.17, 15) is 18.8 Å². The lowest BCUT2D eigenvalue weighted by Crippen LogP contribution is -2.40. The Labute approximate surface area is 137 Å². The Bertz CT molecular complexity index is 652. The van der Waals surface area contributed by atoms with Crippen molar-refractivity contribution in [3.05, 3.63) is 29.0 Å². The first-order chi connectivity index (χ1) is 10.8. The maximum Gasteiger partial charge on any atom is 0.323 e. The number of rotatable bonds is 5. The summed E-state index contributed by atoms with van der Waals surface area (Å²) in [4.78, 5) is 37.7. The maximum atomic E-state index is 13.5. The van der Waals surface area contributed by atoms with Gasteiger partial charge in [0.05, 0.1) is 10.9 Å². The Morgan fingerprint density at radius 3 is 2.74 bits per heavy atom. The van der Waals surface area contributed by atoms with Crippen LogP contribution in [0.5, 0.6) is 0 Å². The Morgan fingerprint density at radius 1 is 1.48 bits per heavy atom. The number of amides is 2. The van der Waals surface area contributed by atoms with E-state index < -0.39 is 24.2 Å². The molecule has 0 bridgehead atoms. The molecule has 1 saturated heterocycles. The van der Waals surface area contributed by atoms with Gasteiger partial charge in [0, 0.05) is 25.2 Å². The molecule has 1 aromatic carbocycles. The van der Waals surface area contributed by atoms with Crippen molar-refractivity contribution in [2.24, 2.45) is 5.92 Å². The van der Waals surface area contributed by atoms with Crippen LogP contribution in [0, 0.1) is 11.7 Å². The summed E-state index contributed by atoms with van der Waals surface area (Å²) < 4.78 is 13.5. The number of benzene rings is 1. The van der Waals surface area contributed by atoms with E-state index in [-0.39, 0.29) is 36.3 Å². The van der Waals surface area contributed by atoms with Gasteiger partial charge in [-0.05, 0) is 25.1 Å². The van der Waals surface area contributed by atoms with Gasteiger partial charge in [-0.25, -0.2) is 4.39 Å². The van der Waals surface area contributed by atoms with E-state index in [4.69, 9.17) is 16.7 Å². The van der Waals surface area contributed by atoms with Gasteiger partial charge in [0.2, 0.25) is 11.8 Å². The number of carboxylic acid groups (broad SMARTS) is 1. The van der Waals surface area contributed by atoms with Gasteiger partial charge in [0.1, 0.15) is 12.4 Å². The molecule has 2 amide bonds. The fourth-order valence-electron chi connectivity index (χ4n) is 2.54. The molecule has 8 heteroatoms. The molecule has 1 atom stereocenters. The third-order valence-electron chi connectivity index (χ3n) is 3.71.